The monoisotopic (exact) mass is 225 g/mol. The summed E-state index contributed by atoms with van der Waals surface area (Å²) in [6.45, 7) is 4.48. The number of piperidine rings is 1. The molecular weight excluding hydrogens is 206 g/mol. The third-order valence-electron chi connectivity index (χ3n) is 3.04. The van der Waals surface area contributed by atoms with E-state index >= 15 is 0 Å². The van der Waals surface area contributed by atoms with Crippen molar-refractivity contribution in [2.75, 3.05) is 13.1 Å². The summed E-state index contributed by atoms with van der Waals surface area (Å²) in [6, 6.07) is 0. The highest BCUT2D eigenvalue weighted by Gasteiger charge is 2.21. The van der Waals surface area contributed by atoms with Gasteiger partial charge in [-0.15, -0.1) is 0 Å². The van der Waals surface area contributed by atoms with Gasteiger partial charge < -0.3 is 5.32 Å². The first kappa shape index (κ1) is 11.0. The molecule has 1 atom stereocenters. The van der Waals surface area contributed by atoms with E-state index in [9.17, 15) is 0 Å². The van der Waals surface area contributed by atoms with Crippen LogP contribution in [-0.2, 0) is 6.42 Å². The minimum Gasteiger partial charge on any atom is -0.316 e. The lowest BCUT2D eigenvalue weighted by Gasteiger charge is -2.21. The largest absolute Gasteiger partial charge is 0.316 e. The van der Waals surface area contributed by atoms with Crippen LogP contribution in [-0.4, -0.2) is 21.8 Å². The molecule has 2 heterocycles. The highest BCUT2D eigenvalue weighted by atomic mass is 32.1. The number of unbranched alkanes of at least 4 members (excludes halogenated alkanes) is 1. The van der Waals surface area contributed by atoms with Crippen LogP contribution in [0.25, 0.3) is 0 Å². The van der Waals surface area contributed by atoms with E-state index in [4.69, 9.17) is 0 Å². The van der Waals surface area contributed by atoms with Crippen molar-refractivity contribution in [1.82, 2.24) is 14.1 Å². The van der Waals surface area contributed by atoms with Gasteiger partial charge in [-0.3, -0.25) is 0 Å². The second-order valence-corrected chi connectivity index (χ2v) is 4.77. The van der Waals surface area contributed by atoms with E-state index in [2.05, 4.69) is 21.0 Å². The topological polar surface area (TPSA) is 37.8 Å². The highest BCUT2D eigenvalue weighted by molar-refractivity contribution is 6.99. The number of nitrogens with one attached hydrogen (secondary N) is 1. The lowest BCUT2D eigenvalue weighted by molar-refractivity contribution is 0.453. The summed E-state index contributed by atoms with van der Waals surface area (Å²) in [7, 11) is 0. The van der Waals surface area contributed by atoms with Crippen molar-refractivity contribution in [3.63, 3.8) is 0 Å². The molecule has 1 N–H and O–H groups in total. The fourth-order valence-corrected chi connectivity index (χ4v) is 2.79. The Morgan fingerprint density at radius 2 is 2.40 bits per heavy atom. The molecule has 0 radical (unpaired) electrons. The Kier molecular flexibility index (Phi) is 4.09. The van der Waals surface area contributed by atoms with Gasteiger partial charge in [0.15, 0.2) is 0 Å². The molecule has 0 amide bonds. The summed E-state index contributed by atoms with van der Waals surface area (Å²) in [5.41, 5.74) is 2.54. The van der Waals surface area contributed by atoms with E-state index in [1.165, 1.54) is 55.3 Å². The first-order chi connectivity index (χ1) is 7.42. The molecule has 4 heteroatoms. The molecule has 3 nitrogen and oxygen atoms in total. The first-order valence-corrected chi connectivity index (χ1v) is 6.67. The third-order valence-corrected chi connectivity index (χ3v) is 3.62. The first-order valence-electron chi connectivity index (χ1n) is 5.94. The van der Waals surface area contributed by atoms with Crippen molar-refractivity contribution in [3.05, 3.63) is 11.4 Å². The Balaban J connectivity index is 2.02. The van der Waals surface area contributed by atoms with Gasteiger partial charge in [-0.1, -0.05) is 13.3 Å². The molecule has 0 bridgehead atoms. The van der Waals surface area contributed by atoms with E-state index in [1.807, 2.05) is 0 Å². The number of rotatable bonds is 4. The van der Waals surface area contributed by atoms with Crippen LogP contribution >= 0.6 is 11.7 Å². The normalized spacial score (nSPS) is 21.8. The van der Waals surface area contributed by atoms with E-state index < -0.39 is 0 Å². The summed E-state index contributed by atoms with van der Waals surface area (Å²) in [5.74, 6) is 0.615. The van der Waals surface area contributed by atoms with Crippen molar-refractivity contribution in [2.45, 2.75) is 44.9 Å². The number of nitrogens with zero attached hydrogens (tertiary/aromatic N) is 2. The number of hydrogen-bond acceptors (Lipinski definition) is 4. The van der Waals surface area contributed by atoms with Crippen LogP contribution in [0.1, 0.15) is 49.9 Å². The van der Waals surface area contributed by atoms with Crippen LogP contribution in [0.3, 0.4) is 0 Å². The minimum absolute atomic E-state index is 0.615. The van der Waals surface area contributed by atoms with Crippen LogP contribution in [0.4, 0.5) is 0 Å². The highest BCUT2D eigenvalue weighted by Crippen LogP contribution is 2.25. The molecule has 1 saturated heterocycles. The van der Waals surface area contributed by atoms with E-state index in [0.717, 1.165) is 13.0 Å². The quantitative estimate of drug-likeness (QED) is 0.854. The zero-order valence-electron chi connectivity index (χ0n) is 9.33. The summed E-state index contributed by atoms with van der Waals surface area (Å²) in [5, 5.41) is 3.44. The van der Waals surface area contributed by atoms with Crippen LogP contribution in [0.15, 0.2) is 0 Å². The molecule has 0 aliphatic carbocycles. The van der Waals surface area contributed by atoms with Gasteiger partial charge in [-0.25, -0.2) is 0 Å². The summed E-state index contributed by atoms with van der Waals surface area (Å²) in [4.78, 5) is 0. The molecule has 0 spiro atoms. The molecule has 1 aromatic rings. The second kappa shape index (κ2) is 5.56. The summed E-state index contributed by atoms with van der Waals surface area (Å²) in [6.07, 6.45) is 6.13. The molecule has 1 aliphatic heterocycles. The molecule has 15 heavy (non-hydrogen) atoms. The van der Waals surface area contributed by atoms with Gasteiger partial charge in [-0.05, 0) is 32.2 Å². The maximum atomic E-state index is 4.48. The van der Waals surface area contributed by atoms with Crippen LogP contribution in [0.5, 0.6) is 0 Å². The predicted molar refractivity (Wildman–Crippen MR) is 63.4 cm³/mol. The third kappa shape index (κ3) is 2.75. The van der Waals surface area contributed by atoms with Gasteiger partial charge in [0.25, 0.3) is 0 Å². The van der Waals surface area contributed by atoms with E-state index in [0.29, 0.717) is 5.92 Å². The van der Waals surface area contributed by atoms with Crippen molar-refractivity contribution in [1.29, 1.82) is 0 Å². The fraction of sp³-hybridized carbons (Fsp3) is 0.818. The van der Waals surface area contributed by atoms with Crippen molar-refractivity contribution in [3.8, 4) is 0 Å². The minimum atomic E-state index is 0.615. The Bertz CT molecular complexity index is 292. The van der Waals surface area contributed by atoms with Gasteiger partial charge >= 0.3 is 0 Å². The van der Waals surface area contributed by atoms with Gasteiger partial charge in [0.05, 0.1) is 23.1 Å². The van der Waals surface area contributed by atoms with E-state index in [1.54, 1.807) is 0 Å². The Morgan fingerprint density at radius 3 is 3.13 bits per heavy atom. The fourth-order valence-electron chi connectivity index (χ4n) is 2.13. The smallest absolute Gasteiger partial charge is 0.0818 e. The van der Waals surface area contributed by atoms with Gasteiger partial charge in [0.2, 0.25) is 0 Å². The number of hydrogen-bond donors (Lipinski definition) is 1. The standard InChI is InChI=1S/C11H19N3S/c1-2-3-6-10-11(14-15-13-10)9-5-4-7-12-8-9/h9,12H,2-8H2,1H3. The lowest BCUT2D eigenvalue weighted by atomic mass is 9.94. The molecule has 2 rings (SSSR count). The zero-order valence-corrected chi connectivity index (χ0v) is 10.1. The molecular formula is C11H19N3S. The van der Waals surface area contributed by atoms with Gasteiger partial charge in [0, 0.05) is 12.5 Å². The number of aromatic nitrogens is 2. The zero-order chi connectivity index (χ0) is 10.5. The Labute approximate surface area is 95.6 Å². The predicted octanol–water partition coefficient (Wildman–Crippen LogP) is 2.35. The SMILES string of the molecule is CCCCc1nsnc1C1CCCNC1. The average Bonchev–Trinajstić information content (AvgIpc) is 2.75. The lowest BCUT2D eigenvalue weighted by Crippen LogP contribution is -2.29. The van der Waals surface area contributed by atoms with Gasteiger partial charge in [-0.2, -0.15) is 8.75 Å². The van der Waals surface area contributed by atoms with Gasteiger partial charge in [0.1, 0.15) is 0 Å². The van der Waals surface area contributed by atoms with Crippen LogP contribution in [0.2, 0.25) is 0 Å². The van der Waals surface area contributed by atoms with E-state index in [-0.39, 0.29) is 0 Å². The van der Waals surface area contributed by atoms with Crippen LogP contribution in [0, 0.1) is 0 Å². The molecule has 1 fully saturated rings. The molecule has 0 aromatic carbocycles. The van der Waals surface area contributed by atoms with Crippen molar-refractivity contribution in [2.24, 2.45) is 0 Å². The molecule has 1 unspecified atom stereocenters. The second-order valence-electron chi connectivity index (χ2n) is 4.24. The Morgan fingerprint density at radius 1 is 1.47 bits per heavy atom. The molecule has 84 valence electrons. The average molecular weight is 225 g/mol. The Hall–Kier alpha value is -0.480. The number of aryl methyl sites for hydroxylation is 1. The summed E-state index contributed by atoms with van der Waals surface area (Å²) >= 11 is 1.38. The maximum Gasteiger partial charge on any atom is 0.0818 e. The van der Waals surface area contributed by atoms with Crippen LogP contribution < -0.4 is 5.32 Å². The van der Waals surface area contributed by atoms with Crippen molar-refractivity contribution >= 4 is 11.7 Å². The summed E-state index contributed by atoms with van der Waals surface area (Å²) < 4.78 is 8.92. The molecule has 0 saturated carbocycles. The maximum absolute atomic E-state index is 4.48. The molecule has 1 aromatic heterocycles. The van der Waals surface area contributed by atoms with Crippen molar-refractivity contribution < 1.29 is 0 Å². The molecule has 1 aliphatic rings.